The summed E-state index contributed by atoms with van der Waals surface area (Å²) < 4.78 is 0. The van der Waals surface area contributed by atoms with Crippen molar-refractivity contribution in [3.8, 4) is 0 Å². The lowest BCUT2D eigenvalue weighted by atomic mass is 9.98. The van der Waals surface area contributed by atoms with E-state index in [2.05, 4.69) is 63.0 Å². The van der Waals surface area contributed by atoms with Gasteiger partial charge in [-0.15, -0.1) is 0 Å². The Bertz CT molecular complexity index is 401. The molecule has 1 atom stereocenters. The Morgan fingerprint density at radius 3 is 2.48 bits per heavy atom. The van der Waals surface area contributed by atoms with Gasteiger partial charge in [-0.1, -0.05) is 51.0 Å². The number of aryl methyl sites for hydroxylation is 2. The zero-order chi connectivity index (χ0) is 15.7. The maximum Gasteiger partial charge on any atom is 0.0452 e. The number of rotatable bonds is 10. The molecule has 2 nitrogen and oxygen atoms in total. The minimum absolute atomic E-state index is 0.446. The zero-order valence-corrected chi connectivity index (χ0v) is 14.7. The third kappa shape index (κ3) is 6.19. The van der Waals surface area contributed by atoms with Gasteiger partial charge < -0.3 is 10.2 Å². The van der Waals surface area contributed by atoms with E-state index in [0.717, 1.165) is 19.6 Å². The van der Waals surface area contributed by atoms with Crippen molar-refractivity contribution in [2.24, 2.45) is 0 Å². The van der Waals surface area contributed by atoms with E-state index in [-0.39, 0.29) is 0 Å². The van der Waals surface area contributed by atoms with Crippen molar-refractivity contribution in [1.82, 2.24) is 10.2 Å². The highest BCUT2D eigenvalue weighted by molar-refractivity contribution is 5.33. The van der Waals surface area contributed by atoms with Crippen molar-refractivity contribution in [3.05, 3.63) is 34.9 Å². The van der Waals surface area contributed by atoms with E-state index in [1.807, 2.05) is 0 Å². The number of hydrogen-bond donors (Lipinski definition) is 1. The molecular formula is C19H34N2. The first-order valence-corrected chi connectivity index (χ1v) is 8.65. The summed E-state index contributed by atoms with van der Waals surface area (Å²) in [4.78, 5) is 2.58. The first-order valence-electron chi connectivity index (χ1n) is 8.65. The van der Waals surface area contributed by atoms with Crippen LogP contribution in [0.1, 0.15) is 62.8 Å². The molecule has 0 heterocycles. The van der Waals surface area contributed by atoms with Gasteiger partial charge in [0.2, 0.25) is 0 Å². The second kappa shape index (κ2) is 9.97. The molecule has 1 unspecified atom stereocenters. The predicted molar refractivity (Wildman–Crippen MR) is 94.0 cm³/mol. The molecule has 21 heavy (non-hydrogen) atoms. The topological polar surface area (TPSA) is 15.3 Å². The predicted octanol–water partition coefficient (Wildman–Crippen LogP) is 4.47. The number of unbranched alkanes of at least 4 members (excludes halogenated alkanes) is 1. The van der Waals surface area contributed by atoms with E-state index in [4.69, 9.17) is 0 Å². The smallest absolute Gasteiger partial charge is 0.0452 e. The second-order valence-electron chi connectivity index (χ2n) is 6.11. The molecule has 0 aliphatic rings. The molecule has 0 fully saturated rings. The molecule has 0 amide bonds. The fraction of sp³-hybridized carbons (Fsp3) is 0.684. The van der Waals surface area contributed by atoms with Crippen LogP contribution >= 0.6 is 0 Å². The average molecular weight is 290 g/mol. The second-order valence-corrected chi connectivity index (χ2v) is 6.11. The Hall–Kier alpha value is -0.860. The molecule has 1 aromatic carbocycles. The van der Waals surface area contributed by atoms with Gasteiger partial charge in [0.25, 0.3) is 0 Å². The third-order valence-corrected chi connectivity index (χ3v) is 4.17. The molecule has 0 aromatic heterocycles. The van der Waals surface area contributed by atoms with Gasteiger partial charge in [0.15, 0.2) is 0 Å². The molecule has 1 rings (SSSR count). The van der Waals surface area contributed by atoms with Gasteiger partial charge in [-0.3, -0.25) is 0 Å². The van der Waals surface area contributed by atoms with Crippen LogP contribution in [0.3, 0.4) is 0 Å². The van der Waals surface area contributed by atoms with Crippen molar-refractivity contribution in [2.45, 2.75) is 59.9 Å². The van der Waals surface area contributed by atoms with Gasteiger partial charge in [0.05, 0.1) is 0 Å². The quantitative estimate of drug-likeness (QED) is 0.684. The molecule has 0 aliphatic carbocycles. The fourth-order valence-corrected chi connectivity index (χ4v) is 2.75. The van der Waals surface area contributed by atoms with Gasteiger partial charge in [0.1, 0.15) is 0 Å². The first kappa shape index (κ1) is 18.2. The van der Waals surface area contributed by atoms with Crippen LogP contribution in [-0.2, 0) is 0 Å². The lowest BCUT2D eigenvalue weighted by Crippen LogP contribution is -2.36. The molecule has 1 N–H and O–H groups in total. The van der Waals surface area contributed by atoms with Gasteiger partial charge in [-0.2, -0.15) is 0 Å². The SMILES string of the molecule is CCCCN(CC)CC(NCCC)c1cc(C)ccc1C. The summed E-state index contributed by atoms with van der Waals surface area (Å²) in [6.07, 6.45) is 3.75. The summed E-state index contributed by atoms with van der Waals surface area (Å²) in [6.45, 7) is 15.7. The van der Waals surface area contributed by atoms with Crippen molar-refractivity contribution in [3.63, 3.8) is 0 Å². The zero-order valence-electron chi connectivity index (χ0n) is 14.7. The largest absolute Gasteiger partial charge is 0.309 e. The average Bonchev–Trinajstić information content (AvgIpc) is 2.49. The van der Waals surface area contributed by atoms with Crippen LogP contribution in [0.15, 0.2) is 18.2 Å². The monoisotopic (exact) mass is 290 g/mol. The maximum absolute atomic E-state index is 3.75. The van der Waals surface area contributed by atoms with Crippen LogP contribution in [0.5, 0.6) is 0 Å². The van der Waals surface area contributed by atoms with Gasteiger partial charge in [-0.05, 0) is 57.5 Å². The summed E-state index contributed by atoms with van der Waals surface area (Å²) in [5.74, 6) is 0. The van der Waals surface area contributed by atoms with Crippen LogP contribution in [0.2, 0.25) is 0 Å². The lowest BCUT2D eigenvalue weighted by Gasteiger charge is -2.28. The van der Waals surface area contributed by atoms with Crippen LogP contribution in [0.4, 0.5) is 0 Å². The highest BCUT2D eigenvalue weighted by Gasteiger charge is 2.16. The van der Waals surface area contributed by atoms with Gasteiger partial charge in [-0.25, -0.2) is 0 Å². The van der Waals surface area contributed by atoms with Crippen LogP contribution < -0.4 is 5.32 Å². The summed E-state index contributed by atoms with van der Waals surface area (Å²) in [5.41, 5.74) is 4.23. The minimum atomic E-state index is 0.446. The van der Waals surface area contributed by atoms with Crippen molar-refractivity contribution in [1.29, 1.82) is 0 Å². The number of likely N-dealkylation sites (N-methyl/N-ethyl adjacent to an activating group) is 1. The number of nitrogens with zero attached hydrogens (tertiary/aromatic N) is 1. The molecule has 1 aromatic rings. The van der Waals surface area contributed by atoms with E-state index >= 15 is 0 Å². The van der Waals surface area contributed by atoms with Crippen molar-refractivity contribution in [2.75, 3.05) is 26.2 Å². The fourth-order valence-electron chi connectivity index (χ4n) is 2.75. The van der Waals surface area contributed by atoms with Crippen molar-refractivity contribution < 1.29 is 0 Å². The van der Waals surface area contributed by atoms with Crippen LogP contribution in [-0.4, -0.2) is 31.1 Å². The Morgan fingerprint density at radius 1 is 1.10 bits per heavy atom. The highest BCUT2D eigenvalue weighted by Crippen LogP contribution is 2.21. The summed E-state index contributed by atoms with van der Waals surface area (Å²) in [6, 6.07) is 7.27. The van der Waals surface area contributed by atoms with E-state index < -0.39 is 0 Å². The molecule has 0 radical (unpaired) electrons. The maximum atomic E-state index is 3.75. The van der Waals surface area contributed by atoms with Crippen LogP contribution in [0.25, 0.3) is 0 Å². The Balaban J connectivity index is 2.85. The van der Waals surface area contributed by atoms with E-state index in [1.165, 1.54) is 42.5 Å². The normalized spacial score (nSPS) is 12.9. The molecule has 120 valence electrons. The number of nitrogens with one attached hydrogen (secondary N) is 1. The van der Waals surface area contributed by atoms with E-state index in [0.29, 0.717) is 6.04 Å². The Kier molecular flexibility index (Phi) is 8.63. The summed E-state index contributed by atoms with van der Waals surface area (Å²) >= 11 is 0. The van der Waals surface area contributed by atoms with Gasteiger partial charge >= 0.3 is 0 Å². The third-order valence-electron chi connectivity index (χ3n) is 4.17. The molecule has 0 saturated carbocycles. The van der Waals surface area contributed by atoms with Gasteiger partial charge in [0, 0.05) is 12.6 Å². The standard InChI is InChI=1S/C19H34N2/c1-6-9-13-21(8-3)15-19(20-12-7-2)18-14-16(4)10-11-17(18)5/h10-11,14,19-20H,6-9,12-13,15H2,1-5H3. The molecule has 2 heteroatoms. The van der Waals surface area contributed by atoms with Crippen molar-refractivity contribution >= 4 is 0 Å². The summed E-state index contributed by atoms with van der Waals surface area (Å²) in [5, 5.41) is 3.75. The molecular weight excluding hydrogens is 256 g/mol. The summed E-state index contributed by atoms with van der Waals surface area (Å²) in [7, 11) is 0. The molecule has 0 bridgehead atoms. The number of benzene rings is 1. The van der Waals surface area contributed by atoms with E-state index in [1.54, 1.807) is 0 Å². The Morgan fingerprint density at radius 2 is 1.86 bits per heavy atom. The highest BCUT2D eigenvalue weighted by atomic mass is 15.1. The minimum Gasteiger partial charge on any atom is -0.309 e. The first-order chi connectivity index (χ1) is 10.1. The van der Waals surface area contributed by atoms with E-state index in [9.17, 15) is 0 Å². The lowest BCUT2D eigenvalue weighted by molar-refractivity contribution is 0.250. The Labute approximate surface area is 131 Å². The molecule has 0 aliphatic heterocycles. The molecule has 0 saturated heterocycles. The van der Waals surface area contributed by atoms with Crippen LogP contribution in [0, 0.1) is 13.8 Å². The molecule has 0 spiro atoms. The number of hydrogen-bond acceptors (Lipinski definition) is 2.